The molecule has 0 fully saturated rings. The van der Waals surface area contributed by atoms with Crippen LogP contribution in [0.4, 0.5) is 5.69 Å². The highest BCUT2D eigenvalue weighted by Gasteiger charge is 2.16. The Morgan fingerprint density at radius 2 is 1.86 bits per heavy atom. The number of aromatic nitrogens is 1. The van der Waals surface area contributed by atoms with Crippen LogP contribution >= 0.6 is 11.6 Å². The summed E-state index contributed by atoms with van der Waals surface area (Å²) in [6.45, 7) is 3.81. The summed E-state index contributed by atoms with van der Waals surface area (Å²) in [5.41, 5.74) is 2.66. The number of ether oxygens (including phenoxy) is 1. The van der Waals surface area contributed by atoms with Gasteiger partial charge in [-0.05, 0) is 36.1 Å². The van der Waals surface area contributed by atoms with E-state index in [1.807, 2.05) is 30.3 Å². The summed E-state index contributed by atoms with van der Waals surface area (Å²) >= 11 is 6.00. The molecule has 2 aromatic carbocycles. The molecule has 1 atom stereocenters. The van der Waals surface area contributed by atoms with Crippen LogP contribution in [0, 0.1) is 0 Å². The molecule has 3 aromatic rings. The van der Waals surface area contributed by atoms with Crippen LogP contribution in [0.5, 0.6) is 0 Å². The monoisotopic (exact) mass is 396 g/mol. The molecule has 6 heteroatoms. The van der Waals surface area contributed by atoms with Crippen molar-refractivity contribution in [1.29, 1.82) is 0 Å². The van der Waals surface area contributed by atoms with Crippen molar-refractivity contribution in [2.75, 3.05) is 11.9 Å². The summed E-state index contributed by atoms with van der Waals surface area (Å²) in [4.78, 5) is 29.0. The summed E-state index contributed by atoms with van der Waals surface area (Å²) in [7, 11) is 0. The third kappa shape index (κ3) is 4.49. The highest BCUT2D eigenvalue weighted by atomic mass is 35.5. The maximum Gasteiger partial charge on any atom is 0.339 e. The summed E-state index contributed by atoms with van der Waals surface area (Å²) in [5, 5.41) is 3.64. The quantitative estimate of drug-likeness (QED) is 0.459. The van der Waals surface area contributed by atoms with Crippen LogP contribution in [0.15, 0.2) is 54.6 Å². The Balaban J connectivity index is 1.70. The lowest BCUT2D eigenvalue weighted by Crippen LogP contribution is -2.22. The molecular formula is C22H21ClN2O3. The minimum atomic E-state index is -0.620. The first-order chi connectivity index (χ1) is 13.5. The molecule has 0 radical (unpaired) electrons. The highest BCUT2D eigenvalue weighted by molar-refractivity contribution is 6.30. The van der Waals surface area contributed by atoms with Gasteiger partial charge in [0.2, 0.25) is 0 Å². The number of nitrogens with one attached hydrogen (secondary N) is 1. The molecule has 0 unspecified atom stereocenters. The second kappa shape index (κ2) is 8.85. The van der Waals surface area contributed by atoms with Gasteiger partial charge in [-0.2, -0.15) is 0 Å². The van der Waals surface area contributed by atoms with E-state index in [-0.39, 0.29) is 17.3 Å². The van der Waals surface area contributed by atoms with E-state index in [1.165, 1.54) is 6.07 Å². The minimum Gasteiger partial charge on any atom is -0.452 e. The number of hydrogen-bond donors (Lipinski definition) is 1. The van der Waals surface area contributed by atoms with Gasteiger partial charge in [-0.15, -0.1) is 0 Å². The largest absolute Gasteiger partial charge is 0.452 e. The van der Waals surface area contributed by atoms with Gasteiger partial charge in [0.25, 0.3) is 5.91 Å². The van der Waals surface area contributed by atoms with Gasteiger partial charge < -0.3 is 10.1 Å². The average molecular weight is 397 g/mol. The molecule has 0 aliphatic rings. The summed E-state index contributed by atoms with van der Waals surface area (Å²) in [6, 6.07) is 16.2. The number of para-hydroxylation sites is 2. The molecule has 0 saturated heterocycles. The van der Waals surface area contributed by atoms with Crippen molar-refractivity contribution in [2.24, 2.45) is 0 Å². The highest BCUT2D eigenvalue weighted by Crippen LogP contribution is 2.26. The topological polar surface area (TPSA) is 68.3 Å². The zero-order chi connectivity index (χ0) is 20.1. The number of anilines is 1. The zero-order valence-electron chi connectivity index (χ0n) is 15.7. The van der Waals surface area contributed by atoms with Crippen LogP contribution in [0.2, 0.25) is 5.15 Å². The number of nitrogens with zero attached hydrogens (tertiary/aromatic N) is 1. The van der Waals surface area contributed by atoms with Crippen molar-refractivity contribution < 1.29 is 14.3 Å². The molecule has 0 spiro atoms. The molecule has 0 aliphatic carbocycles. The Hall–Kier alpha value is -2.92. The van der Waals surface area contributed by atoms with E-state index in [1.54, 1.807) is 18.2 Å². The van der Waals surface area contributed by atoms with Gasteiger partial charge in [-0.3, -0.25) is 4.79 Å². The Kier molecular flexibility index (Phi) is 6.26. The predicted octanol–water partition coefficient (Wildman–Crippen LogP) is 5.20. The van der Waals surface area contributed by atoms with Gasteiger partial charge in [0.15, 0.2) is 6.61 Å². The fraction of sp³-hybridized carbons (Fsp3) is 0.227. The van der Waals surface area contributed by atoms with E-state index < -0.39 is 11.9 Å². The van der Waals surface area contributed by atoms with E-state index >= 15 is 0 Å². The van der Waals surface area contributed by atoms with Crippen LogP contribution in [0.3, 0.4) is 0 Å². The number of fused-ring (bicyclic) bond motifs is 1. The lowest BCUT2D eigenvalue weighted by atomic mass is 9.97. The van der Waals surface area contributed by atoms with E-state index in [9.17, 15) is 9.59 Å². The number of amides is 1. The Morgan fingerprint density at radius 3 is 2.64 bits per heavy atom. The number of carbonyl (C=O) groups is 2. The molecular weight excluding hydrogens is 376 g/mol. The van der Waals surface area contributed by atoms with Crippen molar-refractivity contribution >= 4 is 40.1 Å². The van der Waals surface area contributed by atoms with Crippen LogP contribution in [-0.2, 0) is 9.53 Å². The number of carbonyl (C=O) groups excluding carboxylic acids is 2. The number of esters is 1. The summed E-state index contributed by atoms with van der Waals surface area (Å²) in [5.74, 6) is -0.705. The third-order valence-corrected chi connectivity index (χ3v) is 4.81. The standard InChI is InChI=1S/C22H21ClN2O3/c1-3-14(2)15-8-4-6-10-18(15)25-21(26)13-28-22(27)17-12-20(23)24-19-11-7-5-9-16(17)19/h4-12,14H,3,13H2,1-2H3,(H,25,26)/t14-/m1/s1. The van der Waals surface area contributed by atoms with Gasteiger partial charge >= 0.3 is 5.97 Å². The van der Waals surface area contributed by atoms with Crippen molar-refractivity contribution in [3.63, 3.8) is 0 Å². The maximum absolute atomic E-state index is 12.5. The van der Waals surface area contributed by atoms with Gasteiger partial charge in [0.1, 0.15) is 5.15 Å². The Morgan fingerprint density at radius 1 is 1.14 bits per heavy atom. The minimum absolute atomic E-state index is 0.192. The maximum atomic E-state index is 12.5. The summed E-state index contributed by atoms with van der Waals surface area (Å²) < 4.78 is 5.21. The van der Waals surface area contributed by atoms with E-state index in [0.717, 1.165) is 17.7 Å². The molecule has 1 N–H and O–H groups in total. The number of halogens is 1. The lowest BCUT2D eigenvalue weighted by Gasteiger charge is -2.15. The number of pyridine rings is 1. The fourth-order valence-electron chi connectivity index (χ4n) is 2.97. The van der Waals surface area contributed by atoms with E-state index in [2.05, 4.69) is 24.1 Å². The van der Waals surface area contributed by atoms with Crippen molar-refractivity contribution in [2.45, 2.75) is 26.2 Å². The molecule has 144 valence electrons. The molecule has 0 saturated carbocycles. The Bertz CT molecular complexity index is 1020. The first-order valence-electron chi connectivity index (χ1n) is 9.10. The normalized spacial score (nSPS) is 11.8. The molecule has 1 amide bonds. The van der Waals surface area contributed by atoms with Gasteiger partial charge in [0.05, 0.1) is 11.1 Å². The third-order valence-electron chi connectivity index (χ3n) is 4.62. The predicted molar refractivity (Wildman–Crippen MR) is 111 cm³/mol. The Labute approximate surface area is 168 Å². The molecule has 3 rings (SSSR count). The molecule has 1 heterocycles. The van der Waals surface area contributed by atoms with E-state index in [4.69, 9.17) is 16.3 Å². The number of benzene rings is 2. The average Bonchev–Trinajstić information content (AvgIpc) is 2.71. The van der Waals surface area contributed by atoms with Crippen molar-refractivity contribution in [3.05, 3.63) is 70.9 Å². The molecule has 28 heavy (non-hydrogen) atoms. The van der Waals surface area contributed by atoms with Crippen LogP contribution in [0.25, 0.3) is 10.9 Å². The van der Waals surface area contributed by atoms with Crippen molar-refractivity contribution in [1.82, 2.24) is 4.98 Å². The number of hydrogen-bond acceptors (Lipinski definition) is 4. The van der Waals surface area contributed by atoms with E-state index in [0.29, 0.717) is 16.8 Å². The molecule has 1 aromatic heterocycles. The molecule has 5 nitrogen and oxygen atoms in total. The van der Waals surface area contributed by atoms with Gasteiger partial charge in [0, 0.05) is 11.1 Å². The van der Waals surface area contributed by atoms with Crippen LogP contribution < -0.4 is 5.32 Å². The zero-order valence-corrected chi connectivity index (χ0v) is 16.5. The first-order valence-corrected chi connectivity index (χ1v) is 9.48. The van der Waals surface area contributed by atoms with Gasteiger partial charge in [-0.25, -0.2) is 9.78 Å². The second-order valence-electron chi connectivity index (χ2n) is 6.53. The van der Waals surface area contributed by atoms with Crippen LogP contribution in [-0.4, -0.2) is 23.5 Å². The van der Waals surface area contributed by atoms with Crippen molar-refractivity contribution in [3.8, 4) is 0 Å². The summed E-state index contributed by atoms with van der Waals surface area (Å²) in [6.07, 6.45) is 0.956. The first kappa shape index (κ1) is 19.8. The lowest BCUT2D eigenvalue weighted by molar-refractivity contribution is -0.119. The van der Waals surface area contributed by atoms with Crippen LogP contribution in [0.1, 0.15) is 42.1 Å². The molecule has 0 bridgehead atoms. The fourth-order valence-corrected chi connectivity index (χ4v) is 3.17. The SMILES string of the molecule is CC[C@@H](C)c1ccccc1NC(=O)COC(=O)c1cc(Cl)nc2ccccc12. The molecule has 0 aliphatic heterocycles. The smallest absolute Gasteiger partial charge is 0.339 e. The second-order valence-corrected chi connectivity index (χ2v) is 6.92. The van der Waals surface area contributed by atoms with Gasteiger partial charge in [-0.1, -0.05) is 61.8 Å². The number of rotatable bonds is 6.